The molecule has 1 aliphatic heterocycles. The monoisotopic (exact) mass is 418 g/mol. The molecule has 0 atom stereocenters. The van der Waals surface area contributed by atoms with E-state index in [2.05, 4.69) is 15.6 Å². The number of aryl methyl sites for hydroxylation is 1. The Morgan fingerprint density at radius 1 is 1.24 bits per heavy atom. The van der Waals surface area contributed by atoms with Gasteiger partial charge in [0.05, 0.1) is 12.2 Å². The molecule has 1 saturated carbocycles. The van der Waals surface area contributed by atoms with E-state index < -0.39 is 0 Å². The van der Waals surface area contributed by atoms with Crippen molar-refractivity contribution < 1.29 is 9.59 Å². The number of hydrogen-bond donors (Lipinski definition) is 2. The van der Waals surface area contributed by atoms with E-state index in [0.29, 0.717) is 17.8 Å². The third-order valence-corrected chi connectivity index (χ3v) is 5.68. The zero-order valence-corrected chi connectivity index (χ0v) is 17.3. The first-order valence-electron chi connectivity index (χ1n) is 9.91. The largest absolute Gasteiger partial charge is 0.328 e. The quantitative estimate of drug-likeness (QED) is 0.794. The van der Waals surface area contributed by atoms with Crippen molar-refractivity contribution in [3.8, 4) is 0 Å². The summed E-state index contributed by atoms with van der Waals surface area (Å²) < 4.78 is 1.79. The molecule has 9 heteroatoms. The summed E-state index contributed by atoms with van der Waals surface area (Å²) in [5, 5.41) is 11.1. The number of nitrogens with two attached hydrogens (primary N) is 1. The molecule has 2 aliphatic rings. The number of hydrogen-bond acceptors (Lipinski definition) is 5. The number of halogens is 1. The summed E-state index contributed by atoms with van der Waals surface area (Å²) >= 11 is 0. The second-order valence-corrected chi connectivity index (χ2v) is 7.76. The predicted molar refractivity (Wildman–Crippen MR) is 113 cm³/mol. The van der Waals surface area contributed by atoms with Gasteiger partial charge in [0.1, 0.15) is 0 Å². The van der Waals surface area contributed by atoms with Crippen molar-refractivity contribution >= 4 is 35.6 Å². The van der Waals surface area contributed by atoms with Crippen molar-refractivity contribution in [1.82, 2.24) is 15.0 Å². The van der Waals surface area contributed by atoms with Gasteiger partial charge in [-0.3, -0.25) is 9.59 Å². The molecule has 29 heavy (non-hydrogen) atoms. The van der Waals surface area contributed by atoms with E-state index in [-0.39, 0.29) is 36.3 Å². The van der Waals surface area contributed by atoms with Gasteiger partial charge >= 0.3 is 0 Å². The molecule has 2 heterocycles. The smallest absolute Gasteiger partial charge is 0.277 e. The summed E-state index contributed by atoms with van der Waals surface area (Å²) in [4.78, 5) is 26.3. The number of rotatable bonds is 4. The number of carbonyl (C=O) groups is 2. The lowest BCUT2D eigenvalue weighted by Crippen LogP contribution is -2.28. The van der Waals surface area contributed by atoms with Crippen LogP contribution in [0.25, 0.3) is 0 Å². The van der Waals surface area contributed by atoms with E-state index in [9.17, 15) is 9.59 Å². The van der Waals surface area contributed by atoms with E-state index >= 15 is 0 Å². The molecule has 0 spiro atoms. The van der Waals surface area contributed by atoms with Crippen LogP contribution < -0.4 is 16.0 Å². The first kappa shape index (κ1) is 21.3. The summed E-state index contributed by atoms with van der Waals surface area (Å²) in [6.07, 6.45) is 7.05. The highest BCUT2D eigenvalue weighted by atomic mass is 35.5. The van der Waals surface area contributed by atoms with Crippen molar-refractivity contribution in [2.24, 2.45) is 5.73 Å². The molecule has 0 radical (unpaired) electrons. The van der Waals surface area contributed by atoms with Crippen molar-refractivity contribution in [1.29, 1.82) is 0 Å². The molecule has 2 aromatic rings. The summed E-state index contributed by atoms with van der Waals surface area (Å²) in [7, 11) is 0. The van der Waals surface area contributed by atoms with Crippen LogP contribution in [0.15, 0.2) is 24.4 Å². The zero-order valence-electron chi connectivity index (χ0n) is 16.5. The molecule has 2 fully saturated rings. The number of anilines is 2. The average Bonchev–Trinajstić information content (AvgIpc) is 3.32. The lowest BCUT2D eigenvalue weighted by molar-refractivity contribution is -0.117. The topological polar surface area (TPSA) is 106 Å². The van der Waals surface area contributed by atoms with Crippen molar-refractivity contribution in [2.45, 2.75) is 57.5 Å². The summed E-state index contributed by atoms with van der Waals surface area (Å²) in [6.45, 7) is 2.70. The van der Waals surface area contributed by atoms with E-state index in [1.807, 2.05) is 30.0 Å². The van der Waals surface area contributed by atoms with Gasteiger partial charge in [-0.25, -0.2) is 4.68 Å². The number of nitrogens with zero attached hydrogens (tertiary/aromatic N) is 4. The van der Waals surface area contributed by atoms with Crippen LogP contribution in [-0.4, -0.2) is 39.4 Å². The van der Waals surface area contributed by atoms with E-state index in [1.54, 1.807) is 10.9 Å². The van der Waals surface area contributed by atoms with Gasteiger partial charge in [0.15, 0.2) is 5.69 Å². The maximum Gasteiger partial charge on any atom is 0.277 e. The van der Waals surface area contributed by atoms with Gasteiger partial charge in [-0.15, -0.1) is 17.5 Å². The lowest BCUT2D eigenvalue weighted by Gasteiger charge is -2.25. The number of amides is 2. The predicted octanol–water partition coefficient (Wildman–Crippen LogP) is 2.83. The second-order valence-electron chi connectivity index (χ2n) is 7.76. The number of aromatic nitrogens is 3. The Hall–Kier alpha value is -2.45. The molecule has 4 rings (SSSR count). The van der Waals surface area contributed by atoms with Gasteiger partial charge in [-0.2, -0.15) is 0 Å². The molecule has 3 N–H and O–H groups in total. The van der Waals surface area contributed by atoms with Gasteiger partial charge < -0.3 is 16.0 Å². The van der Waals surface area contributed by atoms with Gasteiger partial charge in [0.2, 0.25) is 5.91 Å². The lowest BCUT2D eigenvalue weighted by atomic mass is 9.92. The third kappa shape index (κ3) is 4.59. The summed E-state index contributed by atoms with van der Waals surface area (Å²) in [5.41, 5.74) is 8.79. The molecule has 1 aromatic heterocycles. The first-order chi connectivity index (χ1) is 13.5. The highest BCUT2D eigenvalue weighted by molar-refractivity contribution is 6.03. The van der Waals surface area contributed by atoms with Crippen LogP contribution in [0.1, 0.15) is 60.6 Å². The molecule has 1 saturated heterocycles. The first-order valence-corrected chi connectivity index (χ1v) is 9.91. The Labute approximate surface area is 176 Å². The molecule has 8 nitrogen and oxygen atoms in total. The van der Waals surface area contributed by atoms with E-state index in [1.165, 1.54) is 0 Å². The second kappa shape index (κ2) is 8.92. The molecule has 0 bridgehead atoms. The maximum atomic E-state index is 12.6. The van der Waals surface area contributed by atoms with Crippen molar-refractivity contribution in [2.75, 3.05) is 16.8 Å². The van der Waals surface area contributed by atoms with Crippen LogP contribution >= 0.6 is 12.4 Å². The fourth-order valence-electron chi connectivity index (χ4n) is 4.06. The van der Waals surface area contributed by atoms with Crippen LogP contribution in [0.2, 0.25) is 0 Å². The van der Waals surface area contributed by atoms with Crippen molar-refractivity contribution in [3.05, 3.63) is 35.7 Å². The van der Waals surface area contributed by atoms with E-state index in [0.717, 1.165) is 49.9 Å². The van der Waals surface area contributed by atoms with Crippen LogP contribution in [-0.2, 0) is 4.79 Å². The fourth-order valence-corrected chi connectivity index (χ4v) is 4.06. The van der Waals surface area contributed by atoms with Gasteiger partial charge in [-0.05, 0) is 62.8 Å². The Balaban J connectivity index is 0.00000240. The van der Waals surface area contributed by atoms with Gasteiger partial charge in [-0.1, -0.05) is 5.21 Å². The molecule has 2 amide bonds. The Morgan fingerprint density at radius 2 is 2.00 bits per heavy atom. The van der Waals surface area contributed by atoms with Crippen LogP contribution in [0.5, 0.6) is 0 Å². The molecular weight excluding hydrogens is 392 g/mol. The Morgan fingerprint density at radius 3 is 2.66 bits per heavy atom. The molecule has 1 aromatic carbocycles. The highest BCUT2D eigenvalue weighted by Crippen LogP contribution is 2.28. The highest BCUT2D eigenvalue weighted by Gasteiger charge is 2.24. The molecule has 156 valence electrons. The van der Waals surface area contributed by atoms with Gasteiger partial charge in [0.25, 0.3) is 5.91 Å². The van der Waals surface area contributed by atoms with Crippen LogP contribution in [0, 0.1) is 6.92 Å². The summed E-state index contributed by atoms with van der Waals surface area (Å²) in [6, 6.07) is 6.11. The van der Waals surface area contributed by atoms with Gasteiger partial charge in [0, 0.05) is 30.4 Å². The normalized spacial score (nSPS) is 21.7. The standard InChI is InChI=1S/C20H26N6O2.ClH/c1-13-11-15(6-9-18(13)25-10-2-3-19(25)27)22-20(28)17-12-26(24-23-17)16-7-4-14(21)5-8-16;/h6,9,11-12,14,16H,2-5,7-8,10,21H2,1H3,(H,22,28);1H. The minimum atomic E-state index is -0.289. The minimum Gasteiger partial charge on any atom is -0.328 e. The minimum absolute atomic E-state index is 0. The fraction of sp³-hybridized carbons (Fsp3) is 0.500. The van der Waals surface area contributed by atoms with E-state index in [4.69, 9.17) is 5.73 Å². The third-order valence-electron chi connectivity index (χ3n) is 5.68. The van der Waals surface area contributed by atoms with Crippen LogP contribution in [0.4, 0.5) is 11.4 Å². The maximum absolute atomic E-state index is 12.6. The summed E-state index contributed by atoms with van der Waals surface area (Å²) in [5.74, 6) is -0.136. The average molecular weight is 419 g/mol. The van der Waals surface area contributed by atoms with Crippen molar-refractivity contribution in [3.63, 3.8) is 0 Å². The Kier molecular flexibility index (Phi) is 6.54. The number of carbonyl (C=O) groups excluding carboxylic acids is 2. The Bertz CT molecular complexity index is 891. The molecule has 0 unspecified atom stereocenters. The molecule has 1 aliphatic carbocycles. The molecular formula is C20H27ClN6O2. The number of benzene rings is 1. The SMILES string of the molecule is Cc1cc(NC(=O)c2cn(C3CCC(N)CC3)nn2)ccc1N1CCCC1=O.Cl. The number of nitrogens with one attached hydrogen (secondary N) is 1. The zero-order chi connectivity index (χ0) is 19.7. The van der Waals surface area contributed by atoms with Crippen LogP contribution in [0.3, 0.4) is 0 Å².